The van der Waals surface area contributed by atoms with Crippen LogP contribution in [-0.4, -0.2) is 94.2 Å². The molecule has 3 amide bonds. The van der Waals surface area contributed by atoms with E-state index in [1.54, 1.807) is 21.8 Å². The van der Waals surface area contributed by atoms with Crippen LogP contribution in [0.3, 0.4) is 0 Å². The first-order valence-electron chi connectivity index (χ1n) is 12.9. The van der Waals surface area contributed by atoms with Crippen LogP contribution in [0, 0.1) is 17.5 Å². The third-order valence-corrected chi connectivity index (χ3v) is 6.67. The Kier molecular flexibility index (Phi) is 10.9. The van der Waals surface area contributed by atoms with Gasteiger partial charge in [0.05, 0.1) is 13.2 Å². The summed E-state index contributed by atoms with van der Waals surface area (Å²) in [5, 5.41) is 15.6. The van der Waals surface area contributed by atoms with E-state index in [9.17, 15) is 32.3 Å². The Morgan fingerprint density at radius 2 is 1.69 bits per heavy atom. The molecule has 42 heavy (non-hydrogen) atoms. The number of nitrogens with zero attached hydrogens (tertiary/aromatic N) is 3. The second kappa shape index (κ2) is 14.3. The maximum Gasteiger partial charge on any atom is 0.328 e. The number of urea groups is 1. The van der Waals surface area contributed by atoms with Crippen LogP contribution in [0.1, 0.15) is 17.5 Å². The first-order valence-corrected chi connectivity index (χ1v) is 12.9. The number of hydrogen-bond acceptors (Lipinski definition) is 6. The fourth-order valence-corrected chi connectivity index (χ4v) is 4.70. The number of carboxylic acids is 2. The van der Waals surface area contributed by atoms with E-state index in [1.807, 2.05) is 24.3 Å². The number of aliphatic carboxylic acids is 2. The van der Waals surface area contributed by atoms with Crippen LogP contribution >= 0.6 is 0 Å². The maximum absolute atomic E-state index is 13.9. The molecule has 2 fully saturated rings. The highest BCUT2D eigenvalue weighted by molar-refractivity contribution is 5.89. The highest BCUT2D eigenvalue weighted by Gasteiger charge is 2.41. The van der Waals surface area contributed by atoms with E-state index in [0.29, 0.717) is 50.9 Å². The van der Waals surface area contributed by atoms with Crippen LogP contribution in [-0.2, 0) is 27.3 Å². The summed E-state index contributed by atoms with van der Waals surface area (Å²) in [6.07, 6.45) is 0.961. The molecule has 2 heterocycles. The van der Waals surface area contributed by atoms with Crippen LogP contribution < -0.4 is 10.5 Å². The van der Waals surface area contributed by atoms with Crippen LogP contribution in [0.5, 0.6) is 5.75 Å². The standard InChI is InChI=1S/C24H27F3N4O3.C4H4O4/c1-34-19-4-2-3-15(7-19)12-30-14-18-13-29(5-6-31(18)24(30)33)23(32)10-17(28)8-16-9-21(26)22(27)11-20(16)25;5-3(6)1-2-4(7)8/h2-4,7,9,11,17-18H,5-6,8,10,12-14,28H2,1H3;1-2H,(H,5,6)(H,7,8)/b;2-1+/t17-,18?;/m1./s1. The van der Waals surface area contributed by atoms with Gasteiger partial charge in [-0.05, 0) is 35.7 Å². The van der Waals surface area contributed by atoms with Gasteiger partial charge in [-0.25, -0.2) is 27.6 Å². The molecular formula is C28H31F3N4O7. The Balaban J connectivity index is 0.000000531. The zero-order valence-electron chi connectivity index (χ0n) is 22.7. The van der Waals surface area contributed by atoms with Gasteiger partial charge >= 0.3 is 18.0 Å². The Morgan fingerprint density at radius 3 is 2.33 bits per heavy atom. The van der Waals surface area contributed by atoms with E-state index in [0.717, 1.165) is 17.4 Å². The van der Waals surface area contributed by atoms with Crippen molar-refractivity contribution in [3.05, 3.63) is 77.1 Å². The SMILES string of the molecule is COc1cccc(CN2CC3CN(C(=O)C[C@H](N)Cc4cc(F)c(F)cc4F)CCN3C2=O)c1.O=C(O)/C=C/C(=O)O. The minimum Gasteiger partial charge on any atom is -0.497 e. The summed E-state index contributed by atoms with van der Waals surface area (Å²) >= 11 is 0. The molecule has 0 spiro atoms. The fourth-order valence-electron chi connectivity index (χ4n) is 4.70. The number of nitrogens with two attached hydrogens (primary N) is 1. The molecule has 14 heteroatoms. The van der Waals surface area contributed by atoms with E-state index in [2.05, 4.69) is 0 Å². The van der Waals surface area contributed by atoms with Gasteiger partial charge in [-0.3, -0.25) is 4.79 Å². The average Bonchev–Trinajstić information content (AvgIpc) is 3.25. The summed E-state index contributed by atoms with van der Waals surface area (Å²) in [6.45, 7) is 2.11. The second-order valence-corrected chi connectivity index (χ2v) is 9.74. The molecule has 2 aliphatic rings. The van der Waals surface area contributed by atoms with E-state index < -0.39 is 35.4 Å². The first kappa shape index (κ1) is 31.9. The summed E-state index contributed by atoms with van der Waals surface area (Å²) in [6, 6.07) is 7.84. The van der Waals surface area contributed by atoms with Gasteiger partial charge < -0.3 is 35.4 Å². The number of carbonyl (C=O) groups excluding carboxylic acids is 2. The topological polar surface area (TPSA) is 154 Å². The van der Waals surface area contributed by atoms with Crippen molar-refractivity contribution >= 4 is 23.9 Å². The number of halogens is 3. The van der Waals surface area contributed by atoms with Crippen molar-refractivity contribution in [2.45, 2.75) is 31.5 Å². The van der Waals surface area contributed by atoms with Crippen LogP contribution in [0.2, 0.25) is 0 Å². The summed E-state index contributed by atoms with van der Waals surface area (Å²) in [4.78, 5) is 49.9. The molecule has 226 valence electrons. The Morgan fingerprint density at radius 1 is 1.02 bits per heavy atom. The number of carboxylic acid groups (broad SMARTS) is 2. The van der Waals surface area contributed by atoms with Crippen molar-refractivity contribution in [3.8, 4) is 5.75 Å². The molecular weight excluding hydrogens is 561 g/mol. The molecule has 2 aromatic carbocycles. The minimum atomic E-state index is -1.27. The Labute approximate surface area is 239 Å². The Bertz CT molecular complexity index is 1340. The van der Waals surface area contributed by atoms with Crippen LogP contribution in [0.25, 0.3) is 0 Å². The molecule has 1 unspecified atom stereocenters. The third kappa shape index (κ3) is 8.70. The fraction of sp³-hybridized carbons (Fsp3) is 0.357. The Hall–Kier alpha value is -4.59. The van der Waals surface area contributed by atoms with Gasteiger partial charge in [-0.15, -0.1) is 0 Å². The molecule has 0 bridgehead atoms. The molecule has 4 N–H and O–H groups in total. The van der Waals surface area contributed by atoms with E-state index in [4.69, 9.17) is 20.7 Å². The van der Waals surface area contributed by atoms with Gasteiger partial charge in [-0.2, -0.15) is 0 Å². The van der Waals surface area contributed by atoms with Gasteiger partial charge in [0, 0.05) is 63.4 Å². The molecule has 4 rings (SSSR count). The number of amides is 3. The highest BCUT2D eigenvalue weighted by atomic mass is 19.2. The molecule has 0 aliphatic carbocycles. The van der Waals surface area contributed by atoms with Crippen molar-refractivity contribution in [2.24, 2.45) is 5.73 Å². The van der Waals surface area contributed by atoms with E-state index in [-0.39, 0.29) is 36.4 Å². The monoisotopic (exact) mass is 592 g/mol. The van der Waals surface area contributed by atoms with Gasteiger partial charge in [-0.1, -0.05) is 12.1 Å². The number of fused-ring (bicyclic) bond motifs is 1. The summed E-state index contributed by atoms with van der Waals surface area (Å²) in [5.74, 6) is -5.33. The quantitative estimate of drug-likeness (QED) is 0.296. The van der Waals surface area contributed by atoms with Crippen molar-refractivity contribution in [2.75, 3.05) is 33.3 Å². The number of carbonyl (C=O) groups is 4. The molecule has 2 aliphatic heterocycles. The minimum absolute atomic E-state index is 0.0629. The third-order valence-electron chi connectivity index (χ3n) is 6.67. The van der Waals surface area contributed by atoms with Gasteiger partial charge in [0.15, 0.2) is 11.6 Å². The summed E-state index contributed by atoms with van der Waals surface area (Å²) in [5.41, 5.74) is 6.90. The molecule has 0 aromatic heterocycles. The van der Waals surface area contributed by atoms with Gasteiger partial charge in [0.1, 0.15) is 11.6 Å². The lowest BCUT2D eigenvalue weighted by atomic mass is 10.0. The van der Waals surface area contributed by atoms with Crippen molar-refractivity contribution in [1.82, 2.24) is 14.7 Å². The predicted octanol–water partition coefficient (Wildman–Crippen LogP) is 2.23. The lowest BCUT2D eigenvalue weighted by molar-refractivity contribution is -0.134. The number of methoxy groups -OCH3 is 1. The largest absolute Gasteiger partial charge is 0.497 e. The lowest BCUT2D eigenvalue weighted by Crippen LogP contribution is -2.54. The maximum atomic E-state index is 13.9. The molecule has 0 saturated carbocycles. The van der Waals surface area contributed by atoms with Gasteiger partial charge in [0.25, 0.3) is 0 Å². The second-order valence-electron chi connectivity index (χ2n) is 9.74. The summed E-state index contributed by atoms with van der Waals surface area (Å²) < 4.78 is 45.7. The van der Waals surface area contributed by atoms with Crippen molar-refractivity contribution < 1.29 is 47.3 Å². The molecule has 2 saturated heterocycles. The number of piperazine rings is 1. The van der Waals surface area contributed by atoms with Crippen LogP contribution in [0.4, 0.5) is 18.0 Å². The number of benzene rings is 2. The van der Waals surface area contributed by atoms with E-state index in [1.165, 1.54) is 0 Å². The van der Waals surface area contributed by atoms with Crippen molar-refractivity contribution in [3.63, 3.8) is 0 Å². The number of hydrogen-bond donors (Lipinski definition) is 3. The molecule has 0 radical (unpaired) electrons. The smallest absolute Gasteiger partial charge is 0.328 e. The van der Waals surface area contributed by atoms with Crippen LogP contribution in [0.15, 0.2) is 48.6 Å². The lowest BCUT2D eigenvalue weighted by Gasteiger charge is -2.36. The number of rotatable bonds is 9. The normalized spacial score (nSPS) is 17.0. The molecule has 2 atom stereocenters. The number of ether oxygens (including phenoxy) is 1. The first-order chi connectivity index (χ1) is 19.9. The average molecular weight is 593 g/mol. The highest BCUT2D eigenvalue weighted by Crippen LogP contribution is 2.24. The molecule has 2 aromatic rings. The van der Waals surface area contributed by atoms with Crippen molar-refractivity contribution in [1.29, 1.82) is 0 Å². The van der Waals surface area contributed by atoms with Gasteiger partial charge in [0.2, 0.25) is 5.91 Å². The zero-order chi connectivity index (χ0) is 31.0. The van der Waals surface area contributed by atoms with E-state index >= 15 is 0 Å². The predicted molar refractivity (Wildman–Crippen MR) is 143 cm³/mol. The molecule has 11 nitrogen and oxygen atoms in total. The summed E-state index contributed by atoms with van der Waals surface area (Å²) in [7, 11) is 1.59. The zero-order valence-corrected chi connectivity index (χ0v) is 22.7.